The summed E-state index contributed by atoms with van der Waals surface area (Å²) in [6.07, 6.45) is 1.17. The number of anilines is 1. The maximum absolute atomic E-state index is 12.5. The number of hydrogen-bond donors (Lipinski definition) is 2. The van der Waals surface area contributed by atoms with Crippen LogP contribution in [0.4, 0.5) is 10.1 Å². The minimum Gasteiger partial charge on any atom is -0.481 e. The highest BCUT2D eigenvalue weighted by molar-refractivity contribution is 5.94. The summed E-state index contributed by atoms with van der Waals surface area (Å²) in [6.45, 7) is 2.97. The van der Waals surface area contributed by atoms with Crippen molar-refractivity contribution >= 4 is 17.6 Å². The van der Waals surface area contributed by atoms with E-state index in [-0.39, 0.29) is 0 Å². The van der Waals surface area contributed by atoms with Crippen LogP contribution in [0.25, 0.3) is 0 Å². The quantitative estimate of drug-likeness (QED) is 0.782. The lowest BCUT2D eigenvalue weighted by Gasteiger charge is -2.15. The number of carboxylic acid groups (broad SMARTS) is 1. The van der Waals surface area contributed by atoms with Gasteiger partial charge in [-0.05, 0) is 12.1 Å². The zero-order valence-corrected chi connectivity index (χ0v) is 9.48. The molecule has 6 heteroatoms. The zero-order valence-electron chi connectivity index (χ0n) is 9.48. The third-order valence-electron chi connectivity index (χ3n) is 2.55. The molecule has 2 unspecified atom stereocenters. The van der Waals surface area contributed by atoms with Crippen molar-refractivity contribution in [3.63, 3.8) is 0 Å². The van der Waals surface area contributed by atoms with Crippen LogP contribution in [-0.4, -0.2) is 22.0 Å². The van der Waals surface area contributed by atoms with Gasteiger partial charge >= 0.3 is 5.97 Å². The highest BCUT2D eigenvalue weighted by Crippen LogP contribution is 2.14. The first-order valence-corrected chi connectivity index (χ1v) is 5.07. The van der Waals surface area contributed by atoms with E-state index in [1.54, 1.807) is 0 Å². The second-order valence-corrected chi connectivity index (χ2v) is 3.77. The number of hydrogen-bond acceptors (Lipinski definition) is 3. The lowest BCUT2D eigenvalue weighted by molar-refractivity contribution is -0.145. The molecule has 0 aliphatic carbocycles. The molecule has 0 bridgehead atoms. The predicted octanol–water partition coefficient (Wildman–Crippen LogP) is 1.52. The van der Waals surface area contributed by atoms with Crippen molar-refractivity contribution in [3.8, 4) is 0 Å². The second-order valence-electron chi connectivity index (χ2n) is 3.77. The van der Waals surface area contributed by atoms with Gasteiger partial charge in [-0.1, -0.05) is 13.8 Å². The summed E-state index contributed by atoms with van der Waals surface area (Å²) in [6, 6.07) is 2.47. The Hall–Kier alpha value is -1.98. The molecule has 2 N–H and O–H groups in total. The third-order valence-corrected chi connectivity index (χ3v) is 2.55. The first-order chi connectivity index (χ1) is 7.91. The van der Waals surface area contributed by atoms with Crippen LogP contribution in [0.2, 0.25) is 0 Å². The van der Waals surface area contributed by atoms with Gasteiger partial charge in [-0.15, -0.1) is 0 Å². The molecule has 1 aromatic rings. The molecule has 2 atom stereocenters. The normalized spacial score (nSPS) is 13.8. The van der Waals surface area contributed by atoms with Crippen LogP contribution in [0.1, 0.15) is 13.8 Å². The first-order valence-electron chi connectivity index (χ1n) is 5.07. The van der Waals surface area contributed by atoms with Gasteiger partial charge in [0, 0.05) is 5.92 Å². The van der Waals surface area contributed by atoms with Crippen molar-refractivity contribution in [1.82, 2.24) is 4.98 Å². The molecule has 1 rings (SSSR count). The maximum Gasteiger partial charge on any atom is 0.307 e. The van der Waals surface area contributed by atoms with Crippen molar-refractivity contribution in [1.29, 1.82) is 0 Å². The van der Waals surface area contributed by atoms with Gasteiger partial charge in [-0.25, -0.2) is 4.98 Å². The van der Waals surface area contributed by atoms with Crippen molar-refractivity contribution in [2.75, 3.05) is 5.32 Å². The maximum atomic E-state index is 12.5. The molecule has 17 heavy (non-hydrogen) atoms. The van der Waals surface area contributed by atoms with E-state index in [9.17, 15) is 14.0 Å². The van der Waals surface area contributed by atoms with Gasteiger partial charge in [0.2, 0.25) is 11.9 Å². The molecule has 1 aromatic heterocycles. The van der Waals surface area contributed by atoms with Crippen molar-refractivity contribution in [2.24, 2.45) is 11.8 Å². The van der Waals surface area contributed by atoms with Crippen molar-refractivity contribution in [2.45, 2.75) is 13.8 Å². The molecule has 0 aromatic carbocycles. The lowest BCUT2D eigenvalue weighted by atomic mass is 9.95. The van der Waals surface area contributed by atoms with E-state index >= 15 is 0 Å². The number of aromatic nitrogens is 1. The van der Waals surface area contributed by atoms with E-state index in [2.05, 4.69) is 10.3 Å². The van der Waals surface area contributed by atoms with Crippen molar-refractivity contribution in [3.05, 3.63) is 24.3 Å². The number of amides is 1. The van der Waals surface area contributed by atoms with Gasteiger partial charge in [-0.3, -0.25) is 9.59 Å². The molecule has 5 nitrogen and oxygen atoms in total. The van der Waals surface area contributed by atoms with Gasteiger partial charge in [0.05, 0.1) is 17.8 Å². The Morgan fingerprint density at radius 2 is 2.00 bits per heavy atom. The summed E-state index contributed by atoms with van der Waals surface area (Å²) in [7, 11) is 0. The van der Waals surface area contributed by atoms with Gasteiger partial charge < -0.3 is 10.4 Å². The summed E-state index contributed by atoms with van der Waals surface area (Å²) in [5.74, 6) is -3.59. The number of carbonyl (C=O) groups is 2. The van der Waals surface area contributed by atoms with Gasteiger partial charge in [0.1, 0.15) is 0 Å². The third kappa shape index (κ3) is 3.51. The van der Waals surface area contributed by atoms with E-state index in [1.807, 2.05) is 0 Å². The fraction of sp³-hybridized carbons (Fsp3) is 0.364. The molecule has 0 saturated carbocycles. The molecular formula is C11H13FN2O3. The summed E-state index contributed by atoms with van der Waals surface area (Å²) in [4.78, 5) is 25.7. The Morgan fingerprint density at radius 1 is 1.35 bits per heavy atom. The summed E-state index contributed by atoms with van der Waals surface area (Å²) in [5, 5.41) is 11.2. The number of aliphatic carboxylic acids is 1. The molecule has 0 saturated heterocycles. The summed E-state index contributed by atoms with van der Waals surface area (Å²) in [5.41, 5.74) is 0.334. The highest BCUT2D eigenvalue weighted by Gasteiger charge is 2.25. The molecule has 92 valence electrons. The van der Waals surface area contributed by atoms with Crippen molar-refractivity contribution < 1.29 is 19.1 Å². The Kier molecular flexibility index (Phi) is 4.14. The van der Waals surface area contributed by atoms with Crippen LogP contribution in [-0.2, 0) is 9.59 Å². The Balaban J connectivity index is 2.66. The lowest BCUT2D eigenvalue weighted by Crippen LogP contribution is -2.30. The number of nitrogens with one attached hydrogen (secondary N) is 1. The van der Waals surface area contributed by atoms with Gasteiger partial charge in [0.25, 0.3) is 0 Å². The largest absolute Gasteiger partial charge is 0.481 e. The van der Waals surface area contributed by atoms with Crippen LogP contribution in [0.3, 0.4) is 0 Å². The molecule has 1 heterocycles. The van der Waals surface area contributed by atoms with Crippen LogP contribution < -0.4 is 5.32 Å². The Labute approximate surface area is 97.7 Å². The Morgan fingerprint density at radius 3 is 2.47 bits per heavy atom. The first kappa shape index (κ1) is 13.1. The fourth-order valence-corrected chi connectivity index (χ4v) is 1.15. The topological polar surface area (TPSA) is 79.3 Å². The van der Waals surface area contributed by atoms with Gasteiger partial charge in [0.15, 0.2) is 0 Å². The number of carbonyl (C=O) groups excluding carboxylic acids is 1. The molecule has 1 amide bonds. The number of pyridine rings is 1. The predicted molar refractivity (Wildman–Crippen MR) is 58.8 cm³/mol. The molecule has 0 radical (unpaired) electrons. The van der Waals surface area contributed by atoms with E-state index in [0.29, 0.717) is 5.69 Å². The van der Waals surface area contributed by atoms with E-state index in [1.165, 1.54) is 26.1 Å². The minimum absolute atomic E-state index is 0.334. The molecular weight excluding hydrogens is 227 g/mol. The monoisotopic (exact) mass is 240 g/mol. The molecule has 0 aliphatic rings. The van der Waals surface area contributed by atoms with Crippen LogP contribution in [0.5, 0.6) is 0 Å². The standard InChI is InChI=1S/C11H13FN2O3/c1-6(7(2)11(16)17)10(15)14-8-3-4-9(12)13-5-8/h3-7H,1-2H3,(H,14,15)(H,16,17). The number of carboxylic acids is 1. The Bertz CT molecular complexity index is 419. The molecule has 0 fully saturated rings. The second kappa shape index (κ2) is 5.38. The number of rotatable bonds is 4. The SMILES string of the molecule is CC(C(=O)O)C(C)C(=O)Nc1ccc(F)nc1. The minimum atomic E-state index is -1.04. The van der Waals surface area contributed by atoms with E-state index < -0.39 is 29.7 Å². The number of nitrogens with zero attached hydrogens (tertiary/aromatic N) is 1. The van der Waals surface area contributed by atoms with Crippen LogP contribution in [0.15, 0.2) is 18.3 Å². The smallest absolute Gasteiger partial charge is 0.307 e. The average molecular weight is 240 g/mol. The highest BCUT2D eigenvalue weighted by atomic mass is 19.1. The van der Waals surface area contributed by atoms with Gasteiger partial charge in [-0.2, -0.15) is 4.39 Å². The average Bonchev–Trinajstić information content (AvgIpc) is 2.30. The number of halogens is 1. The molecule has 0 spiro atoms. The zero-order chi connectivity index (χ0) is 13.0. The van der Waals surface area contributed by atoms with E-state index in [4.69, 9.17) is 5.11 Å². The fourth-order valence-electron chi connectivity index (χ4n) is 1.15. The summed E-state index contributed by atoms with van der Waals surface area (Å²) < 4.78 is 12.5. The van der Waals surface area contributed by atoms with Crippen LogP contribution >= 0.6 is 0 Å². The molecule has 0 aliphatic heterocycles. The van der Waals surface area contributed by atoms with Crippen LogP contribution in [0, 0.1) is 17.8 Å². The van der Waals surface area contributed by atoms with E-state index in [0.717, 1.165) is 6.07 Å². The summed E-state index contributed by atoms with van der Waals surface area (Å²) >= 11 is 0.